The summed E-state index contributed by atoms with van der Waals surface area (Å²) in [4.78, 5) is 3.56. The standard InChI is InChI=1S/C23H26ClN3S/c1-14-20(17-9-4-5-10-19(17)26-14)21-18(23(21,2)3)11-12-25-22(28)27-16-8-6-7-15(24)13-16/h4-10,13,18,21,26H,11-12H2,1-3H3,(H2,25,27,28)/t18-,21+/m0/s1. The van der Waals surface area contributed by atoms with Gasteiger partial charge in [-0.3, -0.25) is 0 Å². The number of rotatable bonds is 5. The number of fused-ring (bicyclic) bond motifs is 1. The SMILES string of the molecule is Cc1[nH]c2ccccc2c1[C@H]1[C@H](CCNC(=S)Nc2cccc(Cl)c2)C1(C)C. The Labute approximate surface area is 176 Å². The van der Waals surface area contributed by atoms with Crippen LogP contribution in [-0.2, 0) is 0 Å². The van der Waals surface area contributed by atoms with E-state index in [4.69, 9.17) is 23.8 Å². The summed E-state index contributed by atoms with van der Waals surface area (Å²) < 4.78 is 0. The normalized spacial score (nSPS) is 20.1. The summed E-state index contributed by atoms with van der Waals surface area (Å²) in [7, 11) is 0. The molecule has 0 aliphatic heterocycles. The van der Waals surface area contributed by atoms with Crippen LogP contribution in [-0.4, -0.2) is 16.6 Å². The second-order valence-electron chi connectivity index (χ2n) is 8.29. The van der Waals surface area contributed by atoms with Crippen LogP contribution in [0.3, 0.4) is 0 Å². The molecule has 1 fully saturated rings. The minimum Gasteiger partial charge on any atom is -0.362 e. The first-order chi connectivity index (χ1) is 13.4. The summed E-state index contributed by atoms with van der Waals surface area (Å²) in [5.41, 5.74) is 5.24. The molecule has 1 saturated carbocycles. The van der Waals surface area contributed by atoms with Gasteiger partial charge in [0, 0.05) is 33.9 Å². The molecule has 1 aromatic heterocycles. The number of anilines is 1. The Kier molecular flexibility index (Phi) is 5.11. The molecule has 3 aromatic rings. The number of hydrogen-bond acceptors (Lipinski definition) is 1. The van der Waals surface area contributed by atoms with Crippen molar-refractivity contribution >= 4 is 45.5 Å². The van der Waals surface area contributed by atoms with Crippen LogP contribution in [0.4, 0.5) is 5.69 Å². The fourth-order valence-electron chi connectivity index (χ4n) is 4.64. The van der Waals surface area contributed by atoms with Gasteiger partial charge in [0.05, 0.1) is 0 Å². The van der Waals surface area contributed by atoms with E-state index >= 15 is 0 Å². The van der Waals surface area contributed by atoms with Crippen molar-refractivity contribution in [1.82, 2.24) is 10.3 Å². The molecule has 0 radical (unpaired) electrons. The van der Waals surface area contributed by atoms with E-state index in [1.807, 2.05) is 24.3 Å². The Morgan fingerprint density at radius 2 is 1.96 bits per heavy atom. The summed E-state index contributed by atoms with van der Waals surface area (Å²) in [6.45, 7) is 7.82. The molecule has 1 aliphatic rings. The fourth-order valence-corrected chi connectivity index (χ4v) is 5.05. The van der Waals surface area contributed by atoms with Crippen LogP contribution < -0.4 is 10.6 Å². The van der Waals surface area contributed by atoms with Crippen molar-refractivity contribution in [3.63, 3.8) is 0 Å². The Hall–Kier alpha value is -2.04. The van der Waals surface area contributed by atoms with Gasteiger partial charge < -0.3 is 15.6 Å². The maximum absolute atomic E-state index is 6.03. The molecular weight excluding hydrogens is 386 g/mol. The van der Waals surface area contributed by atoms with Crippen LogP contribution in [0.15, 0.2) is 48.5 Å². The summed E-state index contributed by atoms with van der Waals surface area (Å²) >= 11 is 11.5. The molecule has 146 valence electrons. The number of halogens is 1. The average molecular weight is 412 g/mol. The molecule has 0 saturated heterocycles. The molecule has 2 atom stereocenters. The van der Waals surface area contributed by atoms with E-state index in [2.05, 4.69) is 60.7 Å². The number of aryl methyl sites for hydroxylation is 1. The lowest BCUT2D eigenvalue weighted by Gasteiger charge is -2.11. The Morgan fingerprint density at radius 3 is 2.75 bits per heavy atom. The van der Waals surface area contributed by atoms with Gasteiger partial charge in [-0.1, -0.05) is 49.7 Å². The quantitative estimate of drug-likeness (QED) is 0.435. The average Bonchev–Trinajstić information content (AvgIpc) is 3.00. The highest BCUT2D eigenvalue weighted by Gasteiger charge is 2.58. The molecule has 0 amide bonds. The highest BCUT2D eigenvalue weighted by molar-refractivity contribution is 7.80. The molecule has 1 heterocycles. The maximum atomic E-state index is 6.03. The zero-order valence-electron chi connectivity index (χ0n) is 16.5. The zero-order valence-corrected chi connectivity index (χ0v) is 18.0. The summed E-state index contributed by atoms with van der Waals surface area (Å²) in [6, 6.07) is 16.2. The number of para-hydroxylation sites is 1. The molecule has 3 N–H and O–H groups in total. The molecule has 0 bridgehead atoms. The van der Waals surface area contributed by atoms with Crippen LogP contribution in [0.2, 0.25) is 5.02 Å². The smallest absolute Gasteiger partial charge is 0.170 e. The van der Waals surface area contributed by atoms with E-state index in [1.54, 1.807) is 0 Å². The third-order valence-electron chi connectivity index (χ3n) is 6.13. The molecular formula is C23H26ClN3S. The summed E-state index contributed by atoms with van der Waals surface area (Å²) in [5, 5.41) is 9.25. The molecule has 4 rings (SSSR count). The number of nitrogens with one attached hydrogen (secondary N) is 3. The zero-order chi connectivity index (χ0) is 19.9. The lowest BCUT2D eigenvalue weighted by Crippen LogP contribution is -2.29. The number of aromatic nitrogens is 1. The van der Waals surface area contributed by atoms with Crippen LogP contribution >= 0.6 is 23.8 Å². The summed E-state index contributed by atoms with van der Waals surface area (Å²) in [5.74, 6) is 1.23. The van der Waals surface area contributed by atoms with E-state index in [1.165, 1.54) is 22.2 Å². The molecule has 28 heavy (non-hydrogen) atoms. The highest BCUT2D eigenvalue weighted by atomic mass is 35.5. The second kappa shape index (κ2) is 7.41. The van der Waals surface area contributed by atoms with Gasteiger partial charge in [0.1, 0.15) is 0 Å². The van der Waals surface area contributed by atoms with E-state index in [0.717, 1.165) is 18.7 Å². The van der Waals surface area contributed by atoms with Gasteiger partial charge in [-0.2, -0.15) is 0 Å². The second-order valence-corrected chi connectivity index (χ2v) is 9.14. The van der Waals surface area contributed by atoms with Gasteiger partial charge >= 0.3 is 0 Å². The Bertz CT molecular complexity index is 1020. The molecule has 0 unspecified atom stereocenters. The van der Waals surface area contributed by atoms with Crippen molar-refractivity contribution in [1.29, 1.82) is 0 Å². The third kappa shape index (κ3) is 3.63. The van der Waals surface area contributed by atoms with E-state index in [-0.39, 0.29) is 0 Å². The van der Waals surface area contributed by atoms with Crippen molar-refractivity contribution < 1.29 is 0 Å². The predicted molar refractivity (Wildman–Crippen MR) is 123 cm³/mol. The fraction of sp³-hybridized carbons (Fsp3) is 0.348. The number of thiocarbonyl (C=S) groups is 1. The molecule has 1 aliphatic carbocycles. The number of H-pyrrole nitrogens is 1. The number of aromatic amines is 1. The van der Waals surface area contributed by atoms with Crippen LogP contribution in [0, 0.1) is 18.3 Å². The number of benzene rings is 2. The van der Waals surface area contributed by atoms with E-state index < -0.39 is 0 Å². The van der Waals surface area contributed by atoms with Gasteiger partial charge in [0.2, 0.25) is 0 Å². The molecule has 0 spiro atoms. The monoisotopic (exact) mass is 411 g/mol. The van der Waals surface area contributed by atoms with E-state index in [9.17, 15) is 0 Å². The van der Waals surface area contributed by atoms with Crippen LogP contribution in [0.1, 0.15) is 37.4 Å². The van der Waals surface area contributed by atoms with Crippen LogP contribution in [0.25, 0.3) is 10.9 Å². The lowest BCUT2D eigenvalue weighted by molar-refractivity contribution is 0.528. The van der Waals surface area contributed by atoms with Crippen molar-refractivity contribution in [3.8, 4) is 0 Å². The topological polar surface area (TPSA) is 39.9 Å². The van der Waals surface area contributed by atoms with Gasteiger partial charge in [-0.05, 0) is 72.6 Å². The third-order valence-corrected chi connectivity index (χ3v) is 6.61. The molecule has 5 heteroatoms. The maximum Gasteiger partial charge on any atom is 0.170 e. The minimum absolute atomic E-state index is 0.305. The van der Waals surface area contributed by atoms with Gasteiger partial charge in [0.25, 0.3) is 0 Å². The van der Waals surface area contributed by atoms with E-state index in [0.29, 0.717) is 27.4 Å². The number of hydrogen-bond donors (Lipinski definition) is 3. The highest BCUT2D eigenvalue weighted by Crippen LogP contribution is 2.67. The van der Waals surface area contributed by atoms with Crippen molar-refractivity contribution in [2.75, 3.05) is 11.9 Å². The molecule has 3 nitrogen and oxygen atoms in total. The predicted octanol–water partition coefficient (Wildman–Crippen LogP) is 6.25. The first-order valence-electron chi connectivity index (χ1n) is 9.75. The summed E-state index contributed by atoms with van der Waals surface area (Å²) in [6.07, 6.45) is 1.09. The van der Waals surface area contributed by atoms with Crippen molar-refractivity contribution in [2.45, 2.75) is 33.1 Å². The first-order valence-corrected chi connectivity index (χ1v) is 10.5. The Balaban J connectivity index is 1.38. The van der Waals surface area contributed by atoms with Crippen molar-refractivity contribution in [2.24, 2.45) is 11.3 Å². The first kappa shape index (κ1) is 19.3. The Morgan fingerprint density at radius 1 is 1.18 bits per heavy atom. The van der Waals surface area contributed by atoms with Crippen molar-refractivity contribution in [3.05, 3.63) is 64.8 Å². The largest absolute Gasteiger partial charge is 0.362 e. The lowest BCUT2D eigenvalue weighted by atomic mass is 10.0. The van der Waals surface area contributed by atoms with Gasteiger partial charge in [-0.15, -0.1) is 0 Å². The van der Waals surface area contributed by atoms with Gasteiger partial charge in [0.15, 0.2) is 5.11 Å². The minimum atomic E-state index is 0.305. The molecule has 2 aromatic carbocycles. The van der Waals surface area contributed by atoms with Crippen LogP contribution in [0.5, 0.6) is 0 Å². The van der Waals surface area contributed by atoms with Gasteiger partial charge in [-0.25, -0.2) is 0 Å².